The molecule has 12 nitrogen and oxygen atoms in total. The molecule has 0 radical (unpaired) electrons. The second-order valence-corrected chi connectivity index (χ2v) is 14.4. The molecule has 1 saturated carbocycles. The minimum atomic E-state index is -2.25. The highest BCUT2D eigenvalue weighted by Gasteiger charge is 2.80. The SMILES string of the molecule is CC[C@]12C=CCN3CC[C@@]4(c5cc([C@@]6(C(=O)OC)CCc7c6[nH]c6ccccc76)c(OC)cc5N(C)[C@H]4[C@@](O)(C(=O)OC)[C@@H]1OC(C)=O)[C@@H]32.CO. The summed E-state index contributed by atoms with van der Waals surface area (Å²) in [5.41, 5.74) is -0.0382. The van der Waals surface area contributed by atoms with E-state index in [0.29, 0.717) is 50.1 Å². The van der Waals surface area contributed by atoms with Gasteiger partial charge >= 0.3 is 17.9 Å². The summed E-state index contributed by atoms with van der Waals surface area (Å²) in [4.78, 5) is 49.1. The number of nitrogens with zero attached hydrogens (tertiary/aromatic N) is 2. The van der Waals surface area contributed by atoms with Crippen LogP contribution in [0.4, 0.5) is 5.69 Å². The number of rotatable bonds is 6. The van der Waals surface area contributed by atoms with Crippen molar-refractivity contribution in [1.82, 2.24) is 9.88 Å². The first-order valence-electron chi connectivity index (χ1n) is 17.5. The highest BCUT2D eigenvalue weighted by Crippen LogP contribution is 2.68. The number of hydrogen-bond donors (Lipinski definition) is 3. The lowest BCUT2D eigenvalue weighted by Gasteiger charge is -2.63. The van der Waals surface area contributed by atoms with Gasteiger partial charge in [0.25, 0.3) is 0 Å². The molecule has 0 bridgehead atoms. The van der Waals surface area contributed by atoms with Crippen LogP contribution in [0, 0.1) is 5.41 Å². The van der Waals surface area contributed by atoms with Gasteiger partial charge in [-0.05, 0) is 55.5 Å². The molecule has 1 spiro atoms. The number of para-hydroxylation sites is 1. The molecule has 12 heteroatoms. The van der Waals surface area contributed by atoms with Crippen molar-refractivity contribution in [3.05, 3.63) is 70.9 Å². The van der Waals surface area contributed by atoms with Crippen LogP contribution in [-0.4, -0.2) is 110 Å². The van der Waals surface area contributed by atoms with E-state index in [0.717, 1.165) is 40.5 Å². The third kappa shape index (κ3) is 4.15. The van der Waals surface area contributed by atoms with Crippen LogP contribution in [0.15, 0.2) is 48.6 Å². The van der Waals surface area contributed by atoms with Crippen LogP contribution in [0.3, 0.4) is 0 Å². The molecule has 0 amide bonds. The summed E-state index contributed by atoms with van der Waals surface area (Å²) in [6.45, 7) is 4.69. The Morgan fingerprint density at radius 3 is 2.39 bits per heavy atom. The maximum Gasteiger partial charge on any atom is 0.344 e. The van der Waals surface area contributed by atoms with Crippen LogP contribution in [0.25, 0.3) is 10.9 Å². The van der Waals surface area contributed by atoms with Gasteiger partial charge in [-0.15, -0.1) is 0 Å². The molecule has 3 aliphatic heterocycles. The molecular weight excluding hydrogens is 654 g/mol. The number of H-pyrrole nitrogens is 1. The topological polar surface area (TPSA) is 151 Å². The Labute approximate surface area is 297 Å². The number of aliphatic hydroxyl groups is 2. The van der Waals surface area contributed by atoms with Crippen LogP contribution in [0.1, 0.15) is 55.5 Å². The third-order valence-electron chi connectivity index (χ3n) is 12.7. The zero-order valence-electron chi connectivity index (χ0n) is 30.2. The van der Waals surface area contributed by atoms with E-state index in [1.54, 1.807) is 7.11 Å². The second-order valence-electron chi connectivity index (χ2n) is 14.4. The molecule has 272 valence electrons. The van der Waals surface area contributed by atoms with Crippen LogP contribution in [0.2, 0.25) is 0 Å². The van der Waals surface area contributed by atoms with Crippen LogP contribution < -0.4 is 9.64 Å². The minimum Gasteiger partial charge on any atom is -0.496 e. The normalized spacial score (nSPS) is 32.6. The van der Waals surface area contributed by atoms with Crippen LogP contribution in [0.5, 0.6) is 5.75 Å². The Hall–Kier alpha value is -4.39. The number of aryl methyl sites for hydroxylation is 1. The first-order valence-corrected chi connectivity index (χ1v) is 17.5. The highest BCUT2D eigenvalue weighted by atomic mass is 16.6. The number of benzene rings is 2. The number of aliphatic hydroxyl groups excluding tert-OH is 1. The molecule has 2 aromatic carbocycles. The summed E-state index contributed by atoms with van der Waals surface area (Å²) < 4.78 is 23.2. The maximum absolute atomic E-state index is 14.3. The lowest BCUT2D eigenvalue weighted by Crippen LogP contribution is -2.81. The van der Waals surface area contributed by atoms with E-state index in [1.165, 1.54) is 21.1 Å². The van der Waals surface area contributed by atoms with E-state index >= 15 is 0 Å². The molecule has 8 rings (SSSR count). The summed E-state index contributed by atoms with van der Waals surface area (Å²) in [5.74, 6) is -1.34. The number of nitrogens with one attached hydrogen (secondary N) is 1. The van der Waals surface area contributed by atoms with Crippen molar-refractivity contribution in [3.8, 4) is 5.75 Å². The predicted molar refractivity (Wildman–Crippen MR) is 189 cm³/mol. The van der Waals surface area contributed by atoms with Gasteiger partial charge in [0, 0.05) is 78.4 Å². The van der Waals surface area contributed by atoms with E-state index in [2.05, 4.69) is 28.1 Å². The Morgan fingerprint density at radius 2 is 1.73 bits per heavy atom. The Bertz CT molecular complexity index is 1960. The maximum atomic E-state index is 14.3. The fourth-order valence-electron chi connectivity index (χ4n) is 11.1. The summed E-state index contributed by atoms with van der Waals surface area (Å²) in [5, 5.41) is 21.1. The number of carbonyl (C=O) groups is 3. The summed E-state index contributed by atoms with van der Waals surface area (Å²) in [6.07, 6.45) is 5.12. The minimum absolute atomic E-state index is 0.250. The number of hydrogen-bond acceptors (Lipinski definition) is 11. The number of esters is 3. The molecule has 1 saturated heterocycles. The zero-order chi connectivity index (χ0) is 36.7. The van der Waals surface area contributed by atoms with Gasteiger partial charge in [0.15, 0.2) is 6.10 Å². The molecule has 2 aliphatic carbocycles. The zero-order valence-corrected chi connectivity index (χ0v) is 30.2. The molecule has 3 N–H and O–H groups in total. The van der Waals surface area contributed by atoms with Crippen LogP contribution >= 0.6 is 0 Å². The lowest BCUT2D eigenvalue weighted by molar-refractivity contribution is -0.228. The van der Waals surface area contributed by atoms with Gasteiger partial charge in [0.1, 0.15) is 11.2 Å². The van der Waals surface area contributed by atoms with Crippen molar-refractivity contribution in [3.63, 3.8) is 0 Å². The molecule has 3 aromatic rings. The summed E-state index contributed by atoms with van der Waals surface area (Å²) >= 11 is 0. The largest absolute Gasteiger partial charge is 0.496 e. The number of ether oxygens (including phenoxy) is 4. The fourth-order valence-corrected chi connectivity index (χ4v) is 11.1. The van der Waals surface area contributed by atoms with Gasteiger partial charge in [0.2, 0.25) is 5.60 Å². The molecular formula is C39H47N3O9. The van der Waals surface area contributed by atoms with E-state index < -0.39 is 51.9 Å². The Morgan fingerprint density at radius 1 is 1.00 bits per heavy atom. The number of likely N-dealkylation sites (N-methyl/N-ethyl adjacent to an activating group) is 1. The highest BCUT2D eigenvalue weighted by molar-refractivity contribution is 5.96. The van der Waals surface area contributed by atoms with Gasteiger partial charge in [0.05, 0.1) is 27.4 Å². The third-order valence-corrected chi connectivity index (χ3v) is 12.7. The average molecular weight is 702 g/mol. The quantitative estimate of drug-likeness (QED) is 0.198. The summed E-state index contributed by atoms with van der Waals surface area (Å²) in [7, 11) is 7.11. The molecule has 7 atom stereocenters. The van der Waals surface area contributed by atoms with Gasteiger partial charge in [-0.1, -0.05) is 37.3 Å². The van der Waals surface area contributed by atoms with Crippen molar-refractivity contribution in [1.29, 1.82) is 0 Å². The predicted octanol–water partition coefficient (Wildman–Crippen LogP) is 3.14. The average Bonchev–Trinajstić information content (AvgIpc) is 3.90. The molecule has 5 aliphatic rings. The van der Waals surface area contributed by atoms with E-state index in [4.69, 9.17) is 24.1 Å². The van der Waals surface area contributed by atoms with Gasteiger partial charge in [-0.25, -0.2) is 4.79 Å². The monoisotopic (exact) mass is 701 g/mol. The molecule has 2 fully saturated rings. The van der Waals surface area contributed by atoms with E-state index in [-0.39, 0.29) is 6.04 Å². The molecule has 1 aromatic heterocycles. The van der Waals surface area contributed by atoms with Crippen molar-refractivity contribution in [2.75, 3.05) is 53.5 Å². The number of methoxy groups -OCH3 is 3. The smallest absolute Gasteiger partial charge is 0.344 e. The van der Waals surface area contributed by atoms with Gasteiger partial charge in [-0.2, -0.15) is 0 Å². The molecule has 51 heavy (non-hydrogen) atoms. The van der Waals surface area contributed by atoms with Gasteiger partial charge in [-0.3, -0.25) is 14.5 Å². The molecule has 4 heterocycles. The fraction of sp³-hybridized carbons (Fsp3) is 0.513. The van der Waals surface area contributed by atoms with Crippen molar-refractivity contribution < 1.29 is 43.5 Å². The van der Waals surface area contributed by atoms with E-state index in [9.17, 15) is 19.5 Å². The second kappa shape index (κ2) is 12.1. The number of fused-ring (bicyclic) bond motifs is 4. The number of carbonyl (C=O) groups excluding carboxylic acids is 3. The van der Waals surface area contributed by atoms with E-state index in [1.807, 2.05) is 49.2 Å². The summed E-state index contributed by atoms with van der Waals surface area (Å²) in [6, 6.07) is 10.9. The Balaban J connectivity index is 0.00000200. The Kier molecular flexibility index (Phi) is 8.31. The number of anilines is 1. The first kappa shape index (κ1) is 35.0. The molecule has 0 unspecified atom stereocenters. The first-order chi connectivity index (χ1) is 24.5. The van der Waals surface area contributed by atoms with Crippen LogP contribution in [-0.2, 0) is 45.8 Å². The van der Waals surface area contributed by atoms with Crippen molar-refractivity contribution >= 4 is 34.5 Å². The number of aromatic amines is 1. The van der Waals surface area contributed by atoms with Crippen molar-refractivity contribution in [2.45, 2.75) is 74.1 Å². The number of aromatic nitrogens is 1. The van der Waals surface area contributed by atoms with Crippen molar-refractivity contribution in [2.24, 2.45) is 5.41 Å². The van der Waals surface area contributed by atoms with Gasteiger partial charge < -0.3 is 39.0 Å². The standard InChI is InChI=1S/C38H43N3O8.CH4O/c1-7-35-14-10-17-41-18-16-37(30(35)41)24-19-25(36(33(43)47-5)15-13-23-22-11-8-9-12-26(22)39-29(23)36)28(46-4)20-27(24)40(3)31(37)38(45,34(44)48-6)32(35)49-21(2)42;1-2/h8-12,14,19-20,30-32,39,45H,7,13,15-18H2,1-6H3;2H,1H3/t30-,31+,32+,35+,36-,37+,38-;/m0./s1. The lowest BCUT2D eigenvalue weighted by atomic mass is 9.47.